The van der Waals surface area contributed by atoms with Gasteiger partial charge in [0.25, 0.3) is 0 Å². The molecule has 2 aromatic carbocycles. The summed E-state index contributed by atoms with van der Waals surface area (Å²) in [5.74, 6) is -0.102. The number of rotatable bonds is 5. The summed E-state index contributed by atoms with van der Waals surface area (Å²) < 4.78 is 14.4. The molecule has 1 heterocycles. The van der Waals surface area contributed by atoms with Crippen molar-refractivity contribution in [2.75, 3.05) is 31.1 Å². The number of hydrogen-bond donors (Lipinski definition) is 1. The topological polar surface area (TPSA) is 52.7 Å². The number of urea groups is 1. The van der Waals surface area contributed by atoms with E-state index < -0.39 is 5.82 Å². The van der Waals surface area contributed by atoms with Gasteiger partial charge in [0.15, 0.2) is 5.78 Å². The summed E-state index contributed by atoms with van der Waals surface area (Å²) >= 11 is 5.99. The number of ketones is 1. The summed E-state index contributed by atoms with van der Waals surface area (Å²) in [6.45, 7) is 3.53. The minimum Gasteiger partial charge on any atom is -0.366 e. The molecule has 2 aliphatic rings. The van der Waals surface area contributed by atoms with Crippen LogP contribution in [-0.2, 0) is 0 Å². The van der Waals surface area contributed by atoms with Crippen LogP contribution in [-0.4, -0.2) is 42.9 Å². The van der Waals surface area contributed by atoms with Crippen LogP contribution in [0, 0.1) is 11.7 Å². The minimum atomic E-state index is -0.405. The molecular weight excluding hydrogens is 405 g/mol. The van der Waals surface area contributed by atoms with E-state index in [0.717, 1.165) is 18.4 Å². The molecule has 1 atom stereocenters. The van der Waals surface area contributed by atoms with Gasteiger partial charge in [-0.3, -0.25) is 4.79 Å². The third-order valence-corrected chi connectivity index (χ3v) is 6.12. The molecule has 0 aromatic heterocycles. The molecule has 2 aromatic rings. The van der Waals surface area contributed by atoms with Crippen molar-refractivity contribution in [3.05, 3.63) is 64.4 Å². The predicted molar refractivity (Wildman–Crippen MR) is 116 cm³/mol. The molecule has 1 N–H and O–H groups in total. The average molecular weight is 430 g/mol. The number of nitrogens with one attached hydrogen (secondary N) is 1. The zero-order valence-corrected chi connectivity index (χ0v) is 17.7. The number of carbonyl (C=O) groups is 2. The van der Waals surface area contributed by atoms with Gasteiger partial charge >= 0.3 is 6.03 Å². The molecule has 1 saturated heterocycles. The van der Waals surface area contributed by atoms with Crippen molar-refractivity contribution < 1.29 is 14.0 Å². The number of nitrogens with zero attached hydrogens (tertiary/aromatic N) is 2. The van der Waals surface area contributed by atoms with Crippen LogP contribution in [0.3, 0.4) is 0 Å². The van der Waals surface area contributed by atoms with E-state index in [4.69, 9.17) is 11.6 Å². The van der Waals surface area contributed by atoms with Crippen LogP contribution >= 0.6 is 11.6 Å². The average Bonchev–Trinajstić information content (AvgIpc) is 3.58. The van der Waals surface area contributed by atoms with Crippen molar-refractivity contribution in [1.29, 1.82) is 0 Å². The Balaban J connectivity index is 1.37. The Bertz CT molecular complexity index is 938. The van der Waals surface area contributed by atoms with Crippen molar-refractivity contribution in [2.45, 2.75) is 25.8 Å². The van der Waals surface area contributed by atoms with Gasteiger partial charge in [0.2, 0.25) is 0 Å². The summed E-state index contributed by atoms with van der Waals surface area (Å²) in [6, 6.07) is 12.1. The van der Waals surface area contributed by atoms with E-state index in [1.54, 1.807) is 17.0 Å². The fraction of sp³-hybridized carbons (Fsp3) is 0.391. The maximum atomic E-state index is 14.4. The van der Waals surface area contributed by atoms with E-state index in [0.29, 0.717) is 48.4 Å². The number of halogens is 2. The van der Waals surface area contributed by atoms with Gasteiger partial charge in [0.05, 0.1) is 11.7 Å². The minimum absolute atomic E-state index is 0.00985. The fourth-order valence-electron chi connectivity index (χ4n) is 3.93. The molecule has 7 heteroatoms. The number of carbonyl (C=O) groups excluding carboxylic acids is 2. The van der Waals surface area contributed by atoms with Crippen LogP contribution in [0.2, 0.25) is 5.02 Å². The second-order valence-electron chi connectivity index (χ2n) is 8.01. The van der Waals surface area contributed by atoms with Gasteiger partial charge in [-0.1, -0.05) is 23.7 Å². The van der Waals surface area contributed by atoms with Crippen LogP contribution in [0.5, 0.6) is 0 Å². The lowest BCUT2D eigenvalue weighted by atomic mass is 10.0. The molecule has 1 aliphatic heterocycles. The molecular formula is C23H25ClFN3O2. The molecule has 1 unspecified atom stereocenters. The Morgan fingerprint density at radius 3 is 2.30 bits per heavy atom. The van der Waals surface area contributed by atoms with E-state index in [1.807, 2.05) is 29.2 Å². The van der Waals surface area contributed by atoms with Gasteiger partial charge < -0.3 is 15.1 Å². The van der Waals surface area contributed by atoms with Crippen LogP contribution < -0.4 is 10.2 Å². The third kappa shape index (κ3) is 4.59. The molecule has 1 aliphatic carbocycles. The quantitative estimate of drug-likeness (QED) is 0.703. The number of amides is 2. The molecule has 0 bridgehead atoms. The molecule has 1 saturated carbocycles. The highest BCUT2D eigenvalue weighted by molar-refractivity contribution is 6.30. The Hall–Kier alpha value is -2.60. The number of Topliss-reactive ketones (excluding diaryl/α,β-unsaturated/α-hetero) is 1. The van der Waals surface area contributed by atoms with Crippen LogP contribution in [0.1, 0.15) is 41.7 Å². The molecule has 2 fully saturated rings. The second kappa shape index (κ2) is 8.64. The van der Waals surface area contributed by atoms with Crippen molar-refractivity contribution in [3.8, 4) is 0 Å². The molecule has 0 radical (unpaired) electrons. The smallest absolute Gasteiger partial charge is 0.318 e. The summed E-state index contributed by atoms with van der Waals surface area (Å²) in [6.07, 6.45) is 2.22. The Morgan fingerprint density at radius 1 is 1.07 bits per heavy atom. The number of benzene rings is 2. The van der Waals surface area contributed by atoms with Gasteiger partial charge in [-0.2, -0.15) is 0 Å². The zero-order chi connectivity index (χ0) is 21.3. The summed E-state index contributed by atoms with van der Waals surface area (Å²) in [7, 11) is 0. The molecule has 30 heavy (non-hydrogen) atoms. The van der Waals surface area contributed by atoms with Crippen LogP contribution in [0.15, 0.2) is 42.5 Å². The maximum absolute atomic E-state index is 14.4. The summed E-state index contributed by atoms with van der Waals surface area (Å²) in [4.78, 5) is 28.0. The first kappa shape index (κ1) is 20.7. The molecule has 4 rings (SSSR count). The van der Waals surface area contributed by atoms with Gasteiger partial charge in [0, 0.05) is 36.8 Å². The highest BCUT2D eigenvalue weighted by Crippen LogP contribution is 2.41. The van der Waals surface area contributed by atoms with Crippen molar-refractivity contribution in [3.63, 3.8) is 0 Å². The van der Waals surface area contributed by atoms with Crippen molar-refractivity contribution in [2.24, 2.45) is 5.92 Å². The first-order valence-electron chi connectivity index (χ1n) is 10.3. The van der Waals surface area contributed by atoms with E-state index >= 15 is 0 Å². The lowest BCUT2D eigenvalue weighted by Gasteiger charge is -2.37. The fourth-order valence-corrected chi connectivity index (χ4v) is 4.06. The lowest BCUT2D eigenvalue weighted by molar-refractivity contribution is 0.101. The van der Waals surface area contributed by atoms with Gasteiger partial charge in [-0.25, -0.2) is 9.18 Å². The predicted octanol–water partition coefficient (Wildman–Crippen LogP) is 4.66. The van der Waals surface area contributed by atoms with Crippen LogP contribution in [0.25, 0.3) is 0 Å². The van der Waals surface area contributed by atoms with Gasteiger partial charge in [-0.15, -0.1) is 0 Å². The third-order valence-electron chi connectivity index (χ3n) is 5.86. The van der Waals surface area contributed by atoms with Gasteiger partial charge in [-0.05, 0) is 61.6 Å². The van der Waals surface area contributed by atoms with Crippen LogP contribution in [0.4, 0.5) is 14.9 Å². The maximum Gasteiger partial charge on any atom is 0.318 e. The second-order valence-corrected chi connectivity index (χ2v) is 8.45. The first-order valence-corrected chi connectivity index (χ1v) is 10.7. The number of hydrogen-bond acceptors (Lipinski definition) is 3. The highest BCUT2D eigenvalue weighted by Gasteiger charge is 2.35. The largest absolute Gasteiger partial charge is 0.366 e. The zero-order valence-electron chi connectivity index (χ0n) is 16.9. The molecule has 2 amide bonds. The molecule has 158 valence electrons. The standard InChI is InChI=1S/C23H25ClFN3O2/c1-15(29)18-6-9-21(20(25)14-18)27-10-12-28(13-11-27)23(30)26-22(16-2-3-16)17-4-7-19(24)8-5-17/h4-9,14,16,22H,2-3,10-13H2,1H3,(H,26,30). The number of piperazine rings is 1. The highest BCUT2D eigenvalue weighted by atomic mass is 35.5. The van der Waals surface area contributed by atoms with Crippen molar-refractivity contribution >= 4 is 29.1 Å². The Kier molecular flexibility index (Phi) is 5.95. The molecule has 5 nitrogen and oxygen atoms in total. The lowest BCUT2D eigenvalue weighted by Crippen LogP contribution is -2.52. The normalized spacial score (nSPS) is 17.6. The molecule has 0 spiro atoms. The van der Waals surface area contributed by atoms with E-state index in [-0.39, 0.29) is 17.9 Å². The summed E-state index contributed by atoms with van der Waals surface area (Å²) in [5, 5.41) is 3.86. The monoisotopic (exact) mass is 429 g/mol. The van der Waals surface area contributed by atoms with E-state index in [9.17, 15) is 14.0 Å². The van der Waals surface area contributed by atoms with E-state index in [2.05, 4.69) is 5.32 Å². The SMILES string of the molecule is CC(=O)c1ccc(N2CCN(C(=O)NC(c3ccc(Cl)cc3)C3CC3)CC2)c(F)c1. The summed E-state index contributed by atoms with van der Waals surface area (Å²) in [5.41, 5.74) is 1.90. The number of anilines is 1. The van der Waals surface area contributed by atoms with Gasteiger partial charge in [0.1, 0.15) is 5.82 Å². The van der Waals surface area contributed by atoms with Crippen molar-refractivity contribution in [1.82, 2.24) is 10.2 Å². The Morgan fingerprint density at radius 2 is 1.73 bits per heavy atom. The Labute approximate surface area is 180 Å². The van der Waals surface area contributed by atoms with E-state index in [1.165, 1.54) is 13.0 Å². The first-order chi connectivity index (χ1) is 14.4.